The summed E-state index contributed by atoms with van der Waals surface area (Å²) in [5, 5.41) is 12.4. The maximum atomic E-state index is 12.7. The van der Waals surface area contributed by atoms with E-state index >= 15 is 0 Å². The largest absolute Gasteiger partial charge is 0.497 e. The number of anilines is 1. The first-order valence-electron chi connectivity index (χ1n) is 9.85. The van der Waals surface area contributed by atoms with E-state index < -0.39 is 5.91 Å². The fourth-order valence-corrected chi connectivity index (χ4v) is 2.94. The lowest BCUT2D eigenvalue weighted by Gasteiger charge is -2.12. The van der Waals surface area contributed by atoms with Gasteiger partial charge in [0.15, 0.2) is 0 Å². The summed E-state index contributed by atoms with van der Waals surface area (Å²) in [5.74, 6) is 0.670. The average Bonchev–Trinajstić information content (AvgIpc) is 2.79. The minimum absolute atomic E-state index is 0.0204. The summed E-state index contributed by atoms with van der Waals surface area (Å²) in [6.45, 7) is 4.33. The van der Waals surface area contributed by atoms with Crippen molar-refractivity contribution in [3.05, 3.63) is 94.6 Å². The second kappa shape index (κ2) is 10.1. The van der Waals surface area contributed by atoms with Gasteiger partial charge >= 0.3 is 0 Å². The van der Waals surface area contributed by atoms with Crippen molar-refractivity contribution in [1.82, 2.24) is 0 Å². The van der Waals surface area contributed by atoms with Gasteiger partial charge in [0.25, 0.3) is 5.91 Å². The zero-order chi connectivity index (χ0) is 22.2. The molecule has 0 saturated carbocycles. The van der Waals surface area contributed by atoms with E-state index in [1.165, 1.54) is 6.08 Å². The van der Waals surface area contributed by atoms with Crippen LogP contribution in [0.4, 0.5) is 5.69 Å². The highest BCUT2D eigenvalue weighted by atomic mass is 16.5. The second-order valence-electron chi connectivity index (χ2n) is 7.10. The molecule has 5 nitrogen and oxygen atoms in total. The van der Waals surface area contributed by atoms with E-state index in [2.05, 4.69) is 5.32 Å². The van der Waals surface area contributed by atoms with E-state index in [9.17, 15) is 10.1 Å². The number of nitrogens with one attached hydrogen (secondary N) is 1. The van der Waals surface area contributed by atoms with Gasteiger partial charge in [0.2, 0.25) is 0 Å². The molecule has 0 aliphatic rings. The number of hydrogen-bond donors (Lipinski definition) is 1. The molecule has 0 bridgehead atoms. The number of ether oxygens (including phenoxy) is 2. The Kier molecular flexibility index (Phi) is 7.08. The molecule has 0 atom stereocenters. The third-order valence-electron chi connectivity index (χ3n) is 4.89. The molecule has 0 saturated heterocycles. The molecule has 1 N–H and O–H groups in total. The number of benzene rings is 3. The van der Waals surface area contributed by atoms with E-state index in [0.717, 1.165) is 16.7 Å². The first kappa shape index (κ1) is 21.7. The van der Waals surface area contributed by atoms with Gasteiger partial charge in [0, 0.05) is 17.3 Å². The van der Waals surface area contributed by atoms with Gasteiger partial charge in [-0.25, -0.2) is 0 Å². The molecule has 156 valence electrons. The van der Waals surface area contributed by atoms with E-state index in [1.54, 1.807) is 25.3 Å². The molecule has 0 aliphatic heterocycles. The Bertz CT molecular complexity index is 1150. The number of carbonyl (C=O) groups excluding carboxylic acids is 1. The highest BCUT2D eigenvalue weighted by Gasteiger charge is 2.13. The van der Waals surface area contributed by atoms with Gasteiger partial charge in [0.1, 0.15) is 29.7 Å². The quantitative estimate of drug-likeness (QED) is 0.414. The van der Waals surface area contributed by atoms with Gasteiger partial charge in [-0.3, -0.25) is 4.79 Å². The van der Waals surface area contributed by atoms with E-state index in [1.807, 2.05) is 68.4 Å². The van der Waals surface area contributed by atoms with Gasteiger partial charge in [-0.05, 0) is 60.9 Å². The van der Waals surface area contributed by atoms with Crippen molar-refractivity contribution in [2.75, 3.05) is 12.4 Å². The van der Waals surface area contributed by atoms with Crippen LogP contribution in [0, 0.1) is 25.2 Å². The van der Waals surface area contributed by atoms with Crippen LogP contribution in [0.3, 0.4) is 0 Å². The zero-order valence-corrected chi connectivity index (χ0v) is 17.8. The van der Waals surface area contributed by atoms with E-state index in [0.29, 0.717) is 29.4 Å². The standard InChI is InChI=1S/C26H24N2O3/c1-18-9-11-23(13-19(18)2)28-26(29)22(16-27)14-21-10-12-24(30-3)15-25(21)31-17-20-7-5-4-6-8-20/h4-15H,17H2,1-3H3,(H,28,29)/b22-14+. The fourth-order valence-electron chi connectivity index (χ4n) is 2.94. The van der Waals surface area contributed by atoms with Crippen LogP contribution < -0.4 is 14.8 Å². The Morgan fingerprint density at radius 1 is 1.03 bits per heavy atom. The Hall–Kier alpha value is -4.04. The zero-order valence-electron chi connectivity index (χ0n) is 17.8. The van der Waals surface area contributed by atoms with Crippen LogP contribution in [0.1, 0.15) is 22.3 Å². The van der Waals surface area contributed by atoms with Gasteiger partial charge in [-0.1, -0.05) is 36.4 Å². The van der Waals surface area contributed by atoms with E-state index in [4.69, 9.17) is 9.47 Å². The molecule has 3 aromatic rings. The maximum absolute atomic E-state index is 12.7. The third kappa shape index (κ3) is 5.74. The number of rotatable bonds is 7. The second-order valence-corrected chi connectivity index (χ2v) is 7.10. The summed E-state index contributed by atoms with van der Waals surface area (Å²) >= 11 is 0. The predicted octanol–water partition coefficient (Wildman–Crippen LogP) is 5.44. The normalized spacial score (nSPS) is 10.8. The minimum atomic E-state index is -0.476. The summed E-state index contributed by atoms with van der Waals surface area (Å²) in [6, 6.07) is 22.6. The number of nitrogens with zero attached hydrogens (tertiary/aromatic N) is 1. The van der Waals surface area contributed by atoms with Crippen molar-refractivity contribution < 1.29 is 14.3 Å². The average molecular weight is 412 g/mol. The molecule has 5 heteroatoms. The Balaban J connectivity index is 1.85. The summed E-state index contributed by atoms with van der Waals surface area (Å²) in [4.78, 5) is 12.7. The topological polar surface area (TPSA) is 71.3 Å². The smallest absolute Gasteiger partial charge is 0.266 e. The number of aryl methyl sites for hydroxylation is 2. The molecular formula is C26H24N2O3. The Labute approximate surface area is 182 Å². The number of nitriles is 1. The molecular weight excluding hydrogens is 388 g/mol. The van der Waals surface area contributed by atoms with E-state index in [-0.39, 0.29) is 5.57 Å². The van der Waals surface area contributed by atoms with Crippen molar-refractivity contribution in [3.63, 3.8) is 0 Å². The SMILES string of the molecule is COc1ccc(/C=C(\C#N)C(=O)Nc2ccc(C)c(C)c2)c(OCc2ccccc2)c1. The number of methoxy groups -OCH3 is 1. The Morgan fingerprint density at radius 3 is 2.48 bits per heavy atom. The van der Waals surface area contributed by atoms with Crippen LogP contribution in [0.25, 0.3) is 6.08 Å². The summed E-state index contributed by atoms with van der Waals surface area (Å²) in [7, 11) is 1.57. The molecule has 0 spiro atoms. The molecule has 31 heavy (non-hydrogen) atoms. The molecule has 0 fully saturated rings. The molecule has 0 aliphatic carbocycles. The van der Waals surface area contributed by atoms with Gasteiger partial charge in [-0.2, -0.15) is 5.26 Å². The lowest BCUT2D eigenvalue weighted by Crippen LogP contribution is -2.13. The first-order valence-corrected chi connectivity index (χ1v) is 9.85. The lowest BCUT2D eigenvalue weighted by atomic mass is 10.1. The molecule has 1 amide bonds. The minimum Gasteiger partial charge on any atom is -0.497 e. The van der Waals surface area contributed by atoms with Crippen molar-refractivity contribution in [2.45, 2.75) is 20.5 Å². The number of amides is 1. The van der Waals surface area contributed by atoms with Crippen molar-refractivity contribution in [3.8, 4) is 17.6 Å². The van der Waals surface area contributed by atoms with Gasteiger partial charge in [-0.15, -0.1) is 0 Å². The molecule has 3 rings (SSSR count). The van der Waals surface area contributed by atoms with Crippen molar-refractivity contribution >= 4 is 17.7 Å². The van der Waals surface area contributed by atoms with Crippen LogP contribution in [0.15, 0.2) is 72.3 Å². The van der Waals surface area contributed by atoms with Crippen LogP contribution in [0.5, 0.6) is 11.5 Å². The fraction of sp³-hybridized carbons (Fsp3) is 0.154. The Morgan fingerprint density at radius 2 is 1.81 bits per heavy atom. The maximum Gasteiger partial charge on any atom is 0.266 e. The first-order chi connectivity index (χ1) is 15.0. The molecule has 0 unspecified atom stereocenters. The number of carbonyl (C=O) groups is 1. The highest BCUT2D eigenvalue weighted by Crippen LogP contribution is 2.28. The van der Waals surface area contributed by atoms with Crippen molar-refractivity contribution in [2.24, 2.45) is 0 Å². The van der Waals surface area contributed by atoms with Crippen LogP contribution >= 0.6 is 0 Å². The van der Waals surface area contributed by atoms with Crippen molar-refractivity contribution in [1.29, 1.82) is 5.26 Å². The lowest BCUT2D eigenvalue weighted by molar-refractivity contribution is -0.112. The van der Waals surface area contributed by atoms with Crippen LogP contribution in [-0.4, -0.2) is 13.0 Å². The summed E-state index contributed by atoms with van der Waals surface area (Å²) in [5.41, 5.74) is 4.44. The van der Waals surface area contributed by atoms with Gasteiger partial charge < -0.3 is 14.8 Å². The third-order valence-corrected chi connectivity index (χ3v) is 4.89. The molecule has 0 aromatic heterocycles. The molecule has 0 heterocycles. The van der Waals surface area contributed by atoms with Crippen LogP contribution in [-0.2, 0) is 11.4 Å². The summed E-state index contributed by atoms with van der Waals surface area (Å²) in [6.07, 6.45) is 1.52. The van der Waals surface area contributed by atoms with Gasteiger partial charge in [0.05, 0.1) is 7.11 Å². The monoisotopic (exact) mass is 412 g/mol. The highest BCUT2D eigenvalue weighted by molar-refractivity contribution is 6.09. The molecule has 3 aromatic carbocycles. The van der Waals surface area contributed by atoms with Crippen LogP contribution in [0.2, 0.25) is 0 Å². The number of hydrogen-bond acceptors (Lipinski definition) is 4. The molecule has 0 radical (unpaired) electrons. The summed E-state index contributed by atoms with van der Waals surface area (Å²) < 4.78 is 11.3. The predicted molar refractivity (Wildman–Crippen MR) is 122 cm³/mol.